The molecule has 0 amide bonds. The molecular formula is C32H60O13Si. The van der Waals surface area contributed by atoms with E-state index in [-0.39, 0.29) is 18.1 Å². The second-order valence-electron chi connectivity index (χ2n) is 15.1. The van der Waals surface area contributed by atoms with Gasteiger partial charge in [0.1, 0.15) is 42.7 Å². The summed E-state index contributed by atoms with van der Waals surface area (Å²) in [6.07, 6.45) is -7.93. The van der Waals surface area contributed by atoms with E-state index in [4.69, 9.17) is 37.6 Å². The van der Waals surface area contributed by atoms with Crippen LogP contribution in [-0.4, -0.2) is 121 Å². The number of hydrogen-bond donors (Lipinski definition) is 4. The van der Waals surface area contributed by atoms with Gasteiger partial charge in [0.25, 0.3) is 0 Å². The fourth-order valence-corrected chi connectivity index (χ4v) is 6.95. The number of unbranched alkanes of at least 4 members (excludes halogenated alkanes) is 4. The molecule has 4 N–H and O–H groups in total. The number of esters is 1. The lowest BCUT2D eigenvalue weighted by atomic mass is 9.98. The molecule has 3 aliphatic heterocycles. The number of hydrogen-bond acceptors (Lipinski definition) is 13. The molecule has 0 bridgehead atoms. The van der Waals surface area contributed by atoms with Gasteiger partial charge < -0.3 is 58.0 Å². The van der Waals surface area contributed by atoms with E-state index in [1.807, 2.05) is 13.8 Å². The van der Waals surface area contributed by atoms with E-state index in [1.165, 1.54) is 0 Å². The third-order valence-corrected chi connectivity index (χ3v) is 13.7. The minimum Gasteiger partial charge on any atom is -0.454 e. The lowest BCUT2D eigenvalue weighted by Gasteiger charge is -2.44. The van der Waals surface area contributed by atoms with Crippen LogP contribution in [0.4, 0.5) is 0 Å². The average Bonchev–Trinajstić information content (AvgIpc) is 3.48. The van der Waals surface area contributed by atoms with Crippen LogP contribution < -0.4 is 0 Å². The first-order valence-corrected chi connectivity index (χ1v) is 19.6. The zero-order valence-corrected chi connectivity index (χ0v) is 30.4. The van der Waals surface area contributed by atoms with Crippen LogP contribution in [0.1, 0.15) is 93.9 Å². The molecule has 0 aromatic carbocycles. The number of aliphatic hydroxyl groups excluding tert-OH is 4. The Morgan fingerprint density at radius 2 is 1.59 bits per heavy atom. The van der Waals surface area contributed by atoms with E-state index in [9.17, 15) is 25.2 Å². The molecule has 46 heavy (non-hydrogen) atoms. The van der Waals surface area contributed by atoms with Crippen molar-refractivity contribution in [1.82, 2.24) is 0 Å². The van der Waals surface area contributed by atoms with Gasteiger partial charge in [-0.05, 0) is 52.2 Å². The molecule has 3 rings (SSSR count). The second kappa shape index (κ2) is 15.9. The lowest BCUT2D eigenvalue weighted by Crippen LogP contribution is -2.62. The third kappa shape index (κ3) is 10.1. The molecule has 3 saturated heterocycles. The van der Waals surface area contributed by atoms with Crippen LogP contribution in [0.25, 0.3) is 0 Å². The molecule has 10 atom stereocenters. The Hall–Kier alpha value is -0.753. The molecule has 0 spiro atoms. The van der Waals surface area contributed by atoms with Gasteiger partial charge in [-0.2, -0.15) is 0 Å². The molecule has 3 aliphatic rings. The minimum absolute atomic E-state index is 0.101. The lowest BCUT2D eigenvalue weighted by molar-refractivity contribution is -0.345. The Morgan fingerprint density at radius 1 is 0.957 bits per heavy atom. The summed E-state index contributed by atoms with van der Waals surface area (Å²) in [6, 6.07) is 0. The maximum absolute atomic E-state index is 12.8. The van der Waals surface area contributed by atoms with Crippen LogP contribution in [0.15, 0.2) is 0 Å². The Bertz CT molecular complexity index is 970. The summed E-state index contributed by atoms with van der Waals surface area (Å²) >= 11 is 0. The summed E-state index contributed by atoms with van der Waals surface area (Å²) in [5.41, 5.74) is 0. The minimum atomic E-state index is -2.45. The molecule has 0 aromatic heterocycles. The Morgan fingerprint density at radius 3 is 2.15 bits per heavy atom. The van der Waals surface area contributed by atoms with Crippen LogP contribution in [0.5, 0.6) is 0 Å². The molecule has 3 fully saturated rings. The van der Waals surface area contributed by atoms with E-state index in [2.05, 4.69) is 40.8 Å². The zero-order chi connectivity index (χ0) is 34.7. The fraction of sp³-hybridized carbons (Fsp3) is 0.969. The number of aliphatic hydroxyl groups is 4. The van der Waals surface area contributed by atoms with Crippen molar-refractivity contribution in [3.8, 4) is 0 Å². The van der Waals surface area contributed by atoms with E-state index in [0.29, 0.717) is 6.42 Å². The fourth-order valence-electron chi connectivity index (χ4n) is 5.63. The van der Waals surface area contributed by atoms with Gasteiger partial charge in [0, 0.05) is 6.42 Å². The van der Waals surface area contributed by atoms with Crippen LogP contribution in [0, 0.1) is 0 Å². The third-order valence-electron chi connectivity index (χ3n) is 9.25. The topological polar surface area (TPSA) is 172 Å². The van der Waals surface area contributed by atoms with Gasteiger partial charge in [0.05, 0.1) is 13.2 Å². The van der Waals surface area contributed by atoms with Crippen molar-refractivity contribution in [2.24, 2.45) is 0 Å². The Kier molecular flexibility index (Phi) is 13.7. The highest BCUT2D eigenvalue weighted by Crippen LogP contribution is 2.43. The van der Waals surface area contributed by atoms with E-state index >= 15 is 0 Å². The molecule has 14 heteroatoms. The maximum atomic E-state index is 12.8. The van der Waals surface area contributed by atoms with Gasteiger partial charge in [-0.1, -0.05) is 53.4 Å². The summed E-state index contributed by atoms with van der Waals surface area (Å²) in [5, 5.41) is 42.7. The second-order valence-corrected chi connectivity index (χ2v) is 19.9. The standard InChI is InChI=1S/C32H60O13Si/c1-11-12-13-14-15-16-21(34)40-25-23(36)22(35)19(17-33)39-29(25)41-28(37)27-26(43-32(7,8)44-27)24(20-18-38-31(5,6)42-20)45-46(9,10)30(2,3)4/h19-20,22-29,33,35-37H,11-18H2,1-10H3/t19-,20+,22-,23+,24+,25+,26-,27+,28?,29+/m1/s1. The van der Waals surface area contributed by atoms with Crippen molar-refractivity contribution in [2.45, 2.75) is 185 Å². The maximum Gasteiger partial charge on any atom is 0.306 e. The van der Waals surface area contributed by atoms with Crippen molar-refractivity contribution in [2.75, 3.05) is 13.2 Å². The molecule has 270 valence electrons. The summed E-state index contributed by atoms with van der Waals surface area (Å²) < 4.78 is 48.8. The van der Waals surface area contributed by atoms with Crippen LogP contribution in [-0.2, 0) is 42.4 Å². The van der Waals surface area contributed by atoms with Gasteiger partial charge >= 0.3 is 5.97 Å². The quantitative estimate of drug-likeness (QED) is 0.0862. The zero-order valence-electron chi connectivity index (χ0n) is 29.4. The van der Waals surface area contributed by atoms with E-state index < -0.39 is 93.9 Å². The smallest absolute Gasteiger partial charge is 0.306 e. The monoisotopic (exact) mass is 680 g/mol. The number of rotatable bonds is 15. The molecule has 0 radical (unpaired) electrons. The number of carbonyl (C=O) groups is 1. The largest absolute Gasteiger partial charge is 0.454 e. The van der Waals surface area contributed by atoms with Gasteiger partial charge in [0.15, 0.2) is 32.3 Å². The molecule has 13 nitrogen and oxygen atoms in total. The molecule has 3 heterocycles. The van der Waals surface area contributed by atoms with E-state index in [0.717, 1.165) is 25.7 Å². The predicted molar refractivity (Wildman–Crippen MR) is 169 cm³/mol. The van der Waals surface area contributed by atoms with Crippen molar-refractivity contribution < 1.29 is 62.8 Å². The predicted octanol–water partition coefficient (Wildman–Crippen LogP) is 3.09. The summed E-state index contributed by atoms with van der Waals surface area (Å²) in [4.78, 5) is 12.8. The SMILES string of the molecule is CCCCCCCC(=O)O[C@@H]1[C@H](OC(O)[C@H]2OC(C)(C)O[C@@H]2[C@@H](O[Si](C)(C)C(C)(C)C)[C@@H]2COC(C)(C)O2)O[C@H](CO)[C@@H](O)[C@@H]1O. The number of carbonyl (C=O) groups excluding carboxylic acids is 1. The van der Waals surface area contributed by atoms with Gasteiger partial charge in [-0.3, -0.25) is 4.79 Å². The first-order chi connectivity index (χ1) is 21.2. The summed E-state index contributed by atoms with van der Waals surface area (Å²) in [6.45, 7) is 19.2. The highest BCUT2D eigenvalue weighted by molar-refractivity contribution is 6.74. The van der Waals surface area contributed by atoms with E-state index in [1.54, 1.807) is 13.8 Å². The molecular weight excluding hydrogens is 620 g/mol. The van der Waals surface area contributed by atoms with Gasteiger partial charge in [-0.25, -0.2) is 0 Å². The first-order valence-electron chi connectivity index (χ1n) is 16.7. The van der Waals surface area contributed by atoms with Crippen molar-refractivity contribution in [3.63, 3.8) is 0 Å². The highest BCUT2D eigenvalue weighted by Gasteiger charge is 2.57. The normalized spacial score (nSPS) is 34.4. The first kappa shape index (κ1) is 39.7. The van der Waals surface area contributed by atoms with Crippen LogP contribution in [0.3, 0.4) is 0 Å². The molecule has 0 aliphatic carbocycles. The molecule has 0 saturated carbocycles. The average molecular weight is 681 g/mol. The Balaban J connectivity index is 1.85. The van der Waals surface area contributed by atoms with Crippen LogP contribution in [0.2, 0.25) is 18.1 Å². The van der Waals surface area contributed by atoms with Gasteiger partial charge in [0.2, 0.25) is 6.29 Å². The molecule has 0 aromatic rings. The summed E-state index contributed by atoms with van der Waals surface area (Å²) in [5.74, 6) is -2.63. The van der Waals surface area contributed by atoms with Crippen molar-refractivity contribution in [3.05, 3.63) is 0 Å². The Labute approximate surface area is 275 Å². The summed E-state index contributed by atoms with van der Waals surface area (Å²) in [7, 11) is -2.45. The van der Waals surface area contributed by atoms with Gasteiger partial charge in [-0.15, -0.1) is 0 Å². The van der Waals surface area contributed by atoms with Crippen molar-refractivity contribution in [1.29, 1.82) is 0 Å². The molecule has 1 unspecified atom stereocenters. The highest BCUT2D eigenvalue weighted by atomic mass is 28.4. The van der Waals surface area contributed by atoms with Crippen molar-refractivity contribution >= 4 is 14.3 Å². The number of ether oxygens (including phenoxy) is 7. The van der Waals surface area contributed by atoms with Crippen LogP contribution >= 0.6 is 0 Å².